The van der Waals surface area contributed by atoms with Crippen molar-refractivity contribution in [3.63, 3.8) is 0 Å². The maximum Gasteiger partial charge on any atom is 0.117 e. The van der Waals surface area contributed by atoms with Crippen LogP contribution in [-0.2, 0) is 11.3 Å². The first-order chi connectivity index (χ1) is 7.85. The minimum absolute atomic E-state index is 0.489. The molecule has 3 heteroatoms. The molecule has 1 saturated carbocycles. The molecule has 0 bridgehead atoms. The van der Waals surface area contributed by atoms with E-state index in [-0.39, 0.29) is 0 Å². The highest BCUT2D eigenvalue weighted by Crippen LogP contribution is 2.43. The van der Waals surface area contributed by atoms with Gasteiger partial charge >= 0.3 is 0 Å². The van der Waals surface area contributed by atoms with Gasteiger partial charge in [-0.15, -0.1) is 0 Å². The molecule has 16 heavy (non-hydrogen) atoms. The van der Waals surface area contributed by atoms with Gasteiger partial charge in [0.2, 0.25) is 0 Å². The van der Waals surface area contributed by atoms with E-state index in [2.05, 4.69) is 5.32 Å². The van der Waals surface area contributed by atoms with E-state index in [9.17, 15) is 0 Å². The van der Waals surface area contributed by atoms with Crippen LogP contribution in [-0.4, -0.2) is 20.3 Å². The molecular formula is C13H21NO2. The molecule has 0 aliphatic heterocycles. The summed E-state index contributed by atoms with van der Waals surface area (Å²) in [6.07, 6.45) is 6.94. The van der Waals surface area contributed by atoms with Gasteiger partial charge in [0.15, 0.2) is 0 Å². The van der Waals surface area contributed by atoms with Crippen LogP contribution in [0.3, 0.4) is 0 Å². The SMILES string of the molecule is COCCC1(CNCc2ccco2)CCC1. The third-order valence-electron chi connectivity index (χ3n) is 3.63. The lowest BCUT2D eigenvalue weighted by molar-refractivity contribution is 0.0685. The number of furan rings is 1. The van der Waals surface area contributed by atoms with Crippen molar-refractivity contribution >= 4 is 0 Å². The minimum atomic E-state index is 0.489. The van der Waals surface area contributed by atoms with Crippen LogP contribution < -0.4 is 5.32 Å². The highest BCUT2D eigenvalue weighted by molar-refractivity contribution is 4.98. The zero-order chi connectivity index (χ0) is 11.3. The van der Waals surface area contributed by atoms with E-state index in [1.54, 1.807) is 13.4 Å². The number of ether oxygens (including phenoxy) is 1. The first-order valence-corrected chi connectivity index (χ1v) is 6.07. The third-order valence-corrected chi connectivity index (χ3v) is 3.63. The summed E-state index contributed by atoms with van der Waals surface area (Å²) in [6, 6.07) is 3.94. The molecule has 1 N–H and O–H groups in total. The minimum Gasteiger partial charge on any atom is -0.468 e. The molecule has 90 valence electrons. The van der Waals surface area contributed by atoms with Gasteiger partial charge in [-0.2, -0.15) is 0 Å². The van der Waals surface area contributed by atoms with Crippen LogP contribution in [0.1, 0.15) is 31.4 Å². The molecule has 0 aromatic carbocycles. The molecule has 1 aliphatic rings. The van der Waals surface area contributed by atoms with Gasteiger partial charge in [-0.1, -0.05) is 6.42 Å². The average Bonchev–Trinajstić information content (AvgIpc) is 2.73. The Kier molecular flexibility index (Phi) is 4.02. The van der Waals surface area contributed by atoms with E-state index in [1.165, 1.54) is 25.7 Å². The maximum absolute atomic E-state index is 5.29. The first-order valence-electron chi connectivity index (χ1n) is 6.07. The molecule has 1 fully saturated rings. The van der Waals surface area contributed by atoms with E-state index in [0.29, 0.717) is 5.41 Å². The molecule has 1 heterocycles. The van der Waals surface area contributed by atoms with Crippen molar-refractivity contribution in [2.75, 3.05) is 20.3 Å². The Balaban J connectivity index is 1.70. The van der Waals surface area contributed by atoms with Crippen LogP contribution in [0.4, 0.5) is 0 Å². The molecule has 1 aromatic rings. The first kappa shape index (κ1) is 11.7. The predicted octanol–water partition coefficient (Wildman–Crippen LogP) is 2.58. The number of nitrogens with one attached hydrogen (secondary N) is 1. The molecule has 3 nitrogen and oxygen atoms in total. The van der Waals surface area contributed by atoms with Crippen LogP contribution in [0.15, 0.2) is 22.8 Å². The lowest BCUT2D eigenvalue weighted by Gasteiger charge is -2.42. The molecule has 2 rings (SSSR count). The van der Waals surface area contributed by atoms with E-state index in [4.69, 9.17) is 9.15 Å². The lowest BCUT2D eigenvalue weighted by atomic mass is 9.67. The number of methoxy groups -OCH3 is 1. The largest absolute Gasteiger partial charge is 0.468 e. The predicted molar refractivity (Wildman–Crippen MR) is 63.2 cm³/mol. The normalized spacial score (nSPS) is 18.3. The van der Waals surface area contributed by atoms with Crippen LogP contribution in [0.2, 0.25) is 0 Å². The number of hydrogen-bond acceptors (Lipinski definition) is 3. The molecule has 1 aliphatic carbocycles. The van der Waals surface area contributed by atoms with Gasteiger partial charge in [-0.05, 0) is 36.8 Å². The Morgan fingerprint density at radius 2 is 2.38 bits per heavy atom. The average molecular weight is 223 g/mol. The van der Waals surface area contributed by atoms with Crippen LogP contribution in [0.5, 0.6) is 0 Å². The van der Waals surface area contributed by atoms with E-state index >= 15 is 0 Å². The lowest BCUT2D eigenvalue weighted by Crippen LogP contribution is -2.40. The van der Waals surface area contributed by atoms with Gasteiger partial charge in [0.1, 0.15) is 5.76 Å². The van der Waals surface area contributed by atoms with Crippen molar-refractivity contribution in [3.8, 4) is 0 Å². The van der Waals surface area contributed by atoms with E-state index < -0.39 is 0 Å². The van der Waals surface area contributed by atoms with Crippen molar-refractivity contribution < 1.29 is 9.15 Å². The van der Waals surface area contributed by atoms with Crippen LogP contribution >= 0.6 is 0 Å². The van der Waals surface area contributed by atoms with Gasteiger partial charge < -0.3 is 14.5 Å². The Bertz CT molecular complexity index is 291. The summed E-state index contributed by atoms with van der Waals surface area (Å²) in [4.78, 5) is 0. The molecule has 0 spiro atoms. The molecule has 1 aromatic heterocycles. The van der Waals surface area contributed by atoms with Crippen LogP contribution in [0, 0.1) is 5.41 Å². The smallest absolute Gasteiger partial charge is 0.117 e. The Morgan fingerprint density at radius 3 is 2.94 bits per heavy atom. The fourth-order valence-electron chi connectivity index (χ4n) is 2.37. The fraction of sp³-hybridized carbons (Fsp3) is 0.692. The number of hydrogen-bond donors (Lipinski definition) is 1. The second kappa shape index (κ2) is 5.51. The monoisotopic (exact) mass is 223 g/mol. The molecule has 0 atom stereocenters. The van der Waals surface area contributed by atoms with Gasteiger partial charge in [-0.3, -0.25) is 0 Å². The Morgan fingerprint density at radius 1 is 1.50 bits per heavy atom. The van der Waals surface area contributed by atoms with Crippen molar-refractivity contribution in [2.45, 2.75) is 32.2 Å². The van der Waals surface area contributed by atoms with E-state index in [1.807, 2.05) is 12.1 Å². The van der Waals surface area contributed by atoms with Gasteiger partial charge in [0.05, 0.1) is 12.8 Å². The highest BCUT2D eigenvalue weighted by Gasteiger charge is 2.35. The quantitative estimate of drug-likeness (QED) is 0.771. The van der Waals surface area contributed by atoms with Crippen molar-refractivity contribution in [1.82, 2.24) is 5.32 Å². The topological polar surface area (TPSA) is 34.4 Å². The van der Waals surface area contributed by atoms with Gasteiger partial charge in [0.25, 0.3) is 0 Å². The second-order valence-corrected chi connectivity index (χ2v) is 4.78. The van der Waals surface area contributed by atoms with Crippen molar-refractivity contribution in [1.29, 1.82) is 0 Å². The van der Waals surface area contributed by atoms with Crippen molar-refractivity contribution in [2.24, 2.45) is 5.41 Å². The molecule has 0 radical (unpaired) electrons. The molecule has 0 saturated heterocycles. The zero-order valence-electron chi connectivity index (χ0n) is 10.00. The highest BCUT2D eigenvalue weighted by atomic mass is 16.5. The standard InChI is InChI=1S/C13H21NO2/c1-15-9-7-13(5-3-6-13)11-14-10-12-4-2-8-16-12/h2,4,8,14H,3,5-7,9-11H2,1H3. The van der Waals surface area contributed by atoms with Crippen LogP contribution in [0.25, 0.3) is 0 Å². The summed E-state index contributed by atoms with van der Waals surface area (Å²) in [7, 11) is 1.78. The zero-order valence-corrected chi connectivity index (χ0v) is 10.00. The molecule has 0 unspecified atom stereocenters. The summed E-state index contributed by atoms with van der Waals surface area (Å²) >= 11 is 0. The second-order valence-electron chi connectivity index (χ2n) is 4.78. The number of rotatable bonds is 7. The third kappa shape index (κ3) is 2.86. The van der Waals surface area contributed by atoms with E-state index in [0.717, 1.165) is 25.5 Å². The summed E-state index contributed by atoms with van der Waals surface area (Å²) < 4.78 is 10.5. The van der Waals surface area contributed by atoms with Crippen molar-refractivity contribution in [3.05, 3.63) is 24.2 Å². The fourth-order valence-corrected chi connectivity index (χ4v) is 2.37. The van der Waals surface area contributed by atoms with Gasteiger partial charge in [-0.25, -0.2) is 0 Å². The summed E-state index contributed by atoms with van der Waals surface area (Å²) in [5.41, 5.74) is 0.489. The Hall–Kier alpha value is -0.800. The maximum atomic E-state index is 5.29. The summed E-state index contributed by atoms with van der Waals surface area (Å²) in [5, 5.41) is 3.49. The molecular weight excluding hydrogens is 202 g/mol. The summed E-state index contributed by atoms with van der Waals surface area (Å²) in [5.74, 6) is 1.02. The summed E-state index contributed by atoms with van der Waals surface area (Å²) in [6.45, 7) is 2.79. The van der Waals surface area contributed by atoms with Gasteiger partial charge in [0, 0.05) is 20.3 Å². The molecule has 0 amide bonds. The Labute approximate surface area is 97.2 Å².